The quantitative estimate of drug-likeness (QED) is 0.922. The van der Waals surface area contributed by atoms with Crippen molar-refractivity contribution in [1.82, 2.24) is 0 Å². The van der Waals surface area contributed by atoms with Crippen LogP contribution in [0, 0.1) is 11.3 Å². The van der Waals surface area contributed by atoms with Crippen LogP contribution in [0.15, 0.2) is 22.7 Å². The molecule has 0 aromatic heterocycles. The number of hydrogen-bond acceptors (Lipinski definition) is 3. The SMILES string of the molecule is CSC1(CNc2cc(Br)cc(C#N)c2)CC1. The van der Waals surface area contributed by atoms with Crippen molar-refractivity contribution in [2.45, 2.75) is 17.6 Å². The van der Waals surface area contributed by atoms with Gasteiger partial charge in [-0.25, -0.2) is 0 Å². The summed E-state index contributed by atoms with van der Waals surface area (Å²) in [7, 11) is 0. The lowest BCUT2D eigenvalue weighted by molar-refractivity contribution is 0.949. The molecule has 0 aliphatic heterocycles. The van der Waals surface area contributed by atoms with Crippen molar-refractivity contribution in [3.05, 3.63) is 28.2 Å². The molecular weight excluding hydrogens is 284 g/mol. The van der Waals surface area contributed by atoms with Crippen LogP contribution in [-0.4, -0.2) is 17.5 Å². The minimum atomic E-state index is 0.440. The van der Waals surface area contributed by atoms with Crippen LogP contribution in [0.2, 0.25) is 0 Å². The van der Waals surface area contributed by atoms with Crippen LogP contribution >= 0.6 is 27.7 Å². The average molecular weight is 297 g/mol. The van der Waals surface area contributed by atoms with Gasteiger partial charge in [0.2, 0.25) is 0 Å². The Kier molecular flexibility index (Phi) is 3.46. The van der Waals surface area contributed by atoms with Gasteiger partial charge in [-0.15, -0.1) is 0 Å². The van der Waals surface area contributed by atoms with Crippen molar-refractivity contribution in [1.29, 1.82) is 5.26 Å². The summed E-state index contributed by atoms with van der Waals surface area (Å²) in [5.74, 6) is 0. The number of hydrogen-bond donors (Lipinski definition) is 1. The fraction of sp³-hybridized carbons (Fsp3) is 0.417. The highest BCUT2D eigenvalue weighted by molar-refractivity contribution is 9.10. The molecule has 1 saturated carbocycles. The summed E-state index contributed by atoms with van der Waals surface area (Å²) in [6.07, 6.45) is 4.75. The van der Waals surface area contributed by atoms with Gasteiger partial charge in [0, 0.05) is 21.5 Å². The Bertz CT molecular complexity index is 435. The number of halogens is 1. The van der Waals surface area contributed by atoms with E-state index < -0.39 is 0 Å². The molecule has 0 unspecified atom stereocenters. The van der Waals surface area contributed by atoms with E-state index in [2.05, 4.69) is 33.6 Å². The minimum absolute atomic E-state index is 0.440. The van der Waals surface area contributed by atoms with Gasteiger partial charge in [0.15, 0.2) is 0 Å². The largest absolute Gasteiger partial charge is 0.384 e. The zero-order chi connectivity index (χ0) is 11.6. The van der Waals surface area contributed by atoms with Crippen LogP contribution in [0.1, 0.15) is 18.4 Å². The lowest BCUT2D eigenvalue weighted by atomic mass is 10.2. The van der Waals surface area contributed by atoms with E-state index in [0.29, 0.717) is 10.3 Å². The van der Waals surface area contributed by atoms with E-state index in [-0.39, 0.29) is 0 Å². The van der Waals surface area contributed by atoms with Crippen molar-refractivity contribution in [3.63, 3.8) is 0 Å². The molecule has 2 nitrogen and oxygen atoms in total. The first-order valence-electron chi connectivity index (χ1n) is 5.17. The fourth-order valence-corrected chi connectivity index (χ4v) is 2.83. The molecule has 1 aliphatic carbocycles. The highest BCUT2D eigenvalue weighted by atomic mass is 79.9. The van der Waals surface area contributed by atoms with E-state index in [0.717, 1.165) is 16.7 Å². The molecule has 0 heterocycles. The summed E-state index contributed by atoms with van der Waals surface area (Å²) in [4.78, 5) is 0. The number of nitrogens with one attached hydrogen (secondary N) is 1. The molecule has 1 aromatic rings. The molecule has 0 spiro atoms. The van der Waals surface area contributed by atoms with Crippen LogP contribution in [0.3, 0.4) is 0 Å². The lowest BCUT2D eigenvalue weighted by Crippen LogP contribution is -2.17. The molecule has 1 N–H and O–H groups in total. The van der Waals surface area contributed by atoms with Gasteiger partial charge >= 0.3 is 0 Å². The summed E-state index contributed by atoms with van der Waals surface area (Å²) < 4.78 is 1.39. The molecule has 16 heavy (non-hydrogen) atoms. The Hall–Kier alpha value is -0.660. The Morgan fingerprint density at radius 3 is 2.81 bits per heavy atom. The van der Waals surface area contributed by atoms with Gasteiger partial charge in [0.1, 0.15) is 0 Å². The van der Waals surface area contributed by atoms with E-state index in [1.165, 1.54) is 12.8 Å². The molecule has 1 aromatic carbocycles. The van der Waals surface area contributed by atoms with Crippen LogP contribution in [0.25, 0.3) is 0 Å². The highest BCUT2D eigenvalue weighted by Crippen LogP contribution is 2.47. The van der Waals surface area contributed by atoms with E-state index in [9.17, 15) is 0 Å². The summed E-state index contributed by atoms with van der Waals surface area (Å²) in [5, 5.41) is 12.3. The zero-order valence-corrected chi connectivity index (χ0v) is 11.5. The summed E-state index contributed by atoms with van der Waals surface area (Å²) in [6.45, 7) is 0.982. The van der Waals surface area contributed by atoms with Gasteiger partial charge in [-0.3, -0.25) is 0 Å². The molecule has 1 aliphatic rings. The fourth-order valence-electron chi connectivity index (χ4n) is 1.61. The molecule has 4 heteroatoms. The van der Waals surface area contributed by atoms with Crippen molar-refractivity contribution in [2.75, 3.05) is 18.1 Å². The normalized spacial score (nSPS) is 16.6. The van der Waals surface area contributed by atoms with Crippen LogP contribution in [0.4, 0.5) is 5.69 Å². The van der Waals surface area contributed by atoms with Crippen molar-refractivity contribution in [3.8, 4) is 6.07 Å². The third-order valence-electron chi connectivity index (χ3n) is 2.88. The maximum Gasteiger partial charge on any atom is 0.0992 e. The second-order valence-electron chi connectivity index (χ2n) is 4.08. The molecule has 0 atom stereocenters. The molecule has 0 radical (unpaired) electrons. The molecule has 0 bridgehead atoms. The van der Waals surface area contributed by atoms with E-state index in [4.69, 9.17) is 5.26 Å². The van der Waals surface area contributed by atoms with Gasteiger partial charge in [-0.1, -0.05) is 15.9 Å². The third-order valence-corrected chi connectivity index (χ3v) is 4.76. The van der Waals surface area contributed by atoms with Gasteiger partial charge in [-0.2, -0.15) is 17.0 Å². The zero-order valence-electron chi connectivity index (χ0n) is 9.09. The second kappa shape index (κ2) is 4.68. The van der Waals surface area contributed by atoms with Crippen molar-refractivity contribution in [2.24, 2.45) is 0 Å². The number of anilines is 1. The predicted molar refractivity (Wildman–Crippen MR) is 72.8 cm³/mol. The number of rotatable bonds is 4. The van der Waals surface area contributed by atoms with Gasteiger partial charge in [-0.05, 0) is 37.3 Å². The maximum atomic E-state index is 8.87. The predicted octanol–water partition coefficient (Wildman–Crippen LogP) is 3.63. The first kappa shape index (κ1) is 11.8. The second-order valence-corrected chi connectivity index (χ2v) is 6.27. The number of nitrogens with zero attached hydrogens (tertiary/aromatic N) is 1. The molecular formula is C12H13BrN2S. The third kappa shape index (κ3) is 2.72. The number of thioether (sulfide) groups is 1. The summed E-state index contributed by atoms with van der Waals surface area (Å²) >= 11 is 5.34. The monoisotopic (exact) mass is 296 g/mol. The van der Waals surface area contributed by atoms with Gasteiger partial charge in [0.25, 0.3) is 0 Å². The summed E-state index contributed by atoms with van der Waals surface area (Å²) in [6, 6.07) is 7.89. The first-order chi connectivity index (χ1) is 7.67. The number of nitriles is 1. The molecule has 0 amide bonds. The van der Waals surface area contributed by atoms with E-state index >= 15 is 0 Å². The van der Waals surface area contributed by atoms with E-state index in [1.54, 1.807) is 0 Å². The lowest BCUT2D eigenvalue weighted by Gasteiger charge is -2.14. The molecule has 2 rings (SSSR count). The van der Waals surface area contributed by atoms with Crippen LogP contribution in [-0.2, 0) is 0 Å². The Balaban J connectivity index is 2.04. The molecule has 84 valence electrons. The standard InChI is InChI=1S/C12H13BrN2S/c1-16-12(2-3-12)8-15-11-5-9(7-14)4-10(13)6-11/h4-6,15H,2-3,8H2,1H3. The van der Waals surface area contributed by atoms with Crippen LogP contribution < -0.4 is 5.32 Å². The summed E-state index contributed by atoms with van der Waals surface area (Å²) in [5.41, 5.74) is 1.71. The van der Waals surface area contributed by atoms with Crippen molar-refractivity contribution < 1.29 is 0 Å². The maximum absolute atomic E-state index is 8.87. The highest BCUT2D eigenvalue weighted by Gasteiger charge is 2.41. The van der Waals surface area contributed by atoms with E-state index in [1.807, 2.05) is 30.0 Å². The topological polar surface area (TPSA) is 35.8 Å². The molecule has 1 fully saturated rings. The Labute approximate surface area is 109 Å². The minimum Gasteiger partial charge on any atom is -0.384 e. The van der Waals surface area contributed by atoms with Crippen LogP contribution in [0.5, 0.6) is 0 Å². The van der Waals surface area contributed by atoms with Gasteiger partial charge in [0.05, 0.1) is 11.6 Å². The average Bonchev–Trinajstić information content (AvgIpc) is 3.06. The first-order valence-corrected chi connectivity index (χ1v) is 7.19. The Morgan fingerprint density at radius 2 is 2.25 bits per heavy atom. The van der Waals surface area contributed by atoms with Gasteiger partial charge < -0.3 is 5.32 Å². The van der Waals surface area contributed by atoms with Crippen molar-refractivity contribution >= 4 is 33.4 Å². The Morgan fingerprint density at radius 1 is 1.50 bits per heavy atom. The number of benzene rings is 1. The molecule has 0 saturated heterocycles. The smallest absolute Gasteiger partial charge is 0.0992 e.